The first-order valence-corrected chi connectivity index (χ1v) is 7.61. The van der Waals surface area contributed by atoms with Crippen molar-refractivity contribution >= 4 is 34.8 Å². The average Bonchev–Trinajstić information content (AvgIpc) is 2.48. The van der Waals surface area contributed by atoms with E-state index in [2.05, 4.69) is 10.6 Å². The molecule has 0 bridgehead atoms. The van der Waals surface area contributed by atoms with Crippen molar-refractivity contribution in [3.63, 3.8) is 0 Å². The molecule has 0 fully saturated rings. The molecule has 0 saturated heterocycles. The Morgan fingerprint density at radius 3 is 2.57 bits per heavy atom. The molecule has 2 rings (SSSR count). The number of benzene rings is 2. The largest absolute Gasteiger partial charge is 0.374 e. The lowest BCUT2D eigenvalue weighted by molar-refractivity contribution is -0.119. The van der Waals surface area contributed by atoms with E-state index in [1.165, 1.54) is 6.07 Å². The maximum atomic E-state index is 13.4. The SMILES string of the molecule is O=C(CNc1ccc(F)cc1F)NCCc1ccc(Cl)cc1Cl. The predicted octanol–water partition coefficient (Wildman–Crippen LogP) is 4.04. The molecule has 1 amide bonds. The minimum atomic E-state index is -0.745. The number of amides is 1. The third kappa shape index (κ3) is 5.37. The maximum Gasteiger partial charge on any atom is 0.239 e. The number of nitrogens with one attached hydrogen (secondary N) is 2. The van der Waals surface area contributed by atoms with E-state index in [1.807, 2.05) is 0 Å². The second kappa shape index (κ2) is 8.13. The normalized spacial score (nSPS) is 10.4. The van der Waals surface area contributed by atoms with Crippen LogP contribution in [0.4, 0.5) is 14.5 Å². The summed E-state index contributed by atoms with van der Waals surface area (Å²) in [5, 5.41) is 6.38. The molecule has 0 spiro atoms. The lowest BCUT2D eigenvalue weighted by atomic mass is 10.1. The number of anilines is 1. The highest BCUT2D eigenvalue weighted by Gasteiger charge is 2.07. The van der Waals surface area contributed by atoms with Gasteiger partial charge in [0.2, 0.25) is 5.91 Å². The van der Waals surface area contributed by atoms with Gasteiger partial charge in [0.1, 0.15) is 11.6 Å². The Hall–Kier alpha value is -1.85. The summed E-state index contributed by atoms with van der Waals surface area (Å²) in [7, 11) is 0. The van der Waals surface area contributed by atoms with Crippen LogP contribution in [-0.4, -0.2) is 19.0 Å². The van der Waals surface area contributed by atoms with Crippen LogP contribution in [-0.2, 0) is 11.2 Å². The molecule has 2 N–H and O–H groups in total. The first-order valence-electron chi connectivity index (χ1n) is 6.85. The molecule has 0 heterocycles. The summed E-state index contributed by atoms with van der Waals surface area (Å²) in [5.74, 6) is -1.72. The molecule has 2 aromatic carbocycles. The molecule has 0 atom stereocenters. The molecule has 0 saturated carbocycles. The Kier molecular flexibility index (Phi) is 6.19. The molecule has 7 heteroatoms. The van der Waals surface area contributed by atoms with Gasteiger partial charge in [0.05, 0.1) is 12.2 Å². The second-order valence-electron chi connectivity index (χ2n) is 4.81. The first kappa shape index (κ1) is 17.5. The van der Waals surface area contributed by atoms with Gasteiger partial charge in [0.25, 0.3) is 0 Å². The van der Waals surface area contributed by atoms with E-state index >= 15 is 0 Å². The van der Waals surface area contributed by atoms with Crippen molar-refractivity contribution in [2.24, 2.45) is 0 Å². The molecule has 3 nitrogen and oxygen atoms in total. The molecule has 23 heavy (non-hydrogen) atoms. The van der Waals surface area contributed by atoms with Crippen LogP contribution in [0.1, 0.15) is 5.56 Å². The highest BCUT2D eigenvalue weighted by molar-refractivity contribution is 6.35. The monoisotopic (exact) mass is 358 g/mol. The quantitative estimate of drug-likeness (QED) is 0.817. The predicted molar refractivity (Wildman–Crippen MR) is 88.0 cm³/mol. The smallest absolute Gasteiger partial charge is 0.239 e. The van der Waals surface area contributed by atoms with Crippen LogP contribution in [0.2, 0.25) is 10.0 Å². The van der Waals surface area contributed by atoms with Crippen molar-refractivity contribution in [1.82, 2.24) is 5.32 Å². The Morgan fingerprint density at radius 2 is 1.87 bits per heavy atom. The number of hydrogen-bond acceptors (Lipinski definition) is 2. The number of rotatable bonds is 6. The lowest BCUT2D eigenvalue weighted by Crippen LogP contribution is -2.31. The standard InChI is InChI=1S/C16H14Cl2F2N2O/c17-11-2-1-10(13(18)7-11)5-6-21-16(23)9-22-15-4-3-12(19)8-14(15)20/h1-4,7-8,22H,5-6,9H2,(H,21,23). The average molecular weight is 359 g/mol. The van der Waals surface area contributed by atoms with E-state index in [0.29, 0.717) is 23.0 Å². The molecule has 0 aliphatic rings. The van der Waals surface area contributed by atoms with Crippen molar-refractivity contribution in [3.8, 4) is 0 Å². The summed E-state index contributed by atoms with van der Waals surface area (Å²) in [5.41, 5.74) is 0.941. The molecular weight excluding hydrogens is 345 g/mol. The summed E-state index contributed by atoms with van der Waals surface area (Å²) in [6, 6.07) is 8.27. The first-order chi connectivity index (χ1) is 11.0. The van der Waals surface area contributed by atoms with Gasteiger partial charge in [-0.2, -0.15) is 0 Å². The highest BCUT2D eigenvalue weighted by atomic mass is 35.5. The van der Waals surface area contributed by atoms with Gasteiger partial charge in [-0.15, -0.1) is 0 Å². The molecule has 0 radical (unpaired) electrons. The second-order valence-corrected chi connectivity index (χ2v) is 5.66. The van der Waals surface area contributed by atoms with Gasteiger partial charge < -0.3 is 10.6 Å². The summed E-state index contributed by atoms with van der Waals surface area (Å²) in [4.78, 5) is 11.7. The maximum absolute atomic E-state index is 13.4. The van der Waals surface area contributed by atoms with Gasteiger partial charge >= 0.3 is 0 Å². The number of hydrogen-bond donors (Lipinski definition) is 2. The van der Waals surface area contributed by atoms with E-state index in [-0.39, 0.29) is 18.1 Å². The molecule has 0 aliphatic carbocycles. The fourth-order valence-electron chi connectivity index (χ4n) is 1.93. The Morgan fingerprint density at radius 1 is 1.09 bits per heavy atom. The van der Waals surface area contributed by atoms with E-state index in [9.17, 15) is 13.6 Å². The Bertz CT molecular complexity index is 710. The third-order valence-electron chi connectivity index (χ3n) is 3.10. The fourth-order valence-corrected chi connectivity index (χ4v) is 2.43. The minimum Gasteiger partial charge on any atom is -0.374 e. The molecule has 122 valence electrons. The number of halogens is 4. The fraction of sp³-hybridized carbons (Fsp3) is 0.188. The van der Waals surface area contributed by atoms with Crippen LogP contribution >= 0.6 is 23.2 Å². The Balaban J connectivity index is 1.77. The summed E-state index contributed by atoms with van der Waals surface area (Å²) < 4.78 is 26.2. The zero-order chi connectivity index (χ0) is 16.8. The third-order valence-corrected chi connectivity index (χ3v) is 3.69. The van der Waals surface area contributed by atoms with Gasteiger partial charge in [-0.05, 0) is 36.2 Å². The highest BCUT2D eigenvalue weighted by Crippen LogP contribution is 2.21. The van der Waals surface area contributed by atoms with Gasteiger partial charge in [-0.3, -0.25) is 4.79 Å². The topological polar surface area (TPSA) is 41.1 Å². The van der Waals surface area contributed by atoms with Crippen LogP contribution in [0.3, 0.4) is 0 Å². The van der Waals surface area contributed by atoms with Gasteiger partial charge in [0, 0.05) is 22.7 Å². The summed E-state index contributed by atoms with van der Waals surface area (Å²) in [6.45, 7) is 0.269. The van der Waals surface area contributed by atoms with Crippen LogP contribution in [0.25, 0.3) is 0 Å². The van der Waals surface area contributed by atoms with Gasteiger partial charge in [-0.1, -0.05) is 29.3 Å². The van der Waals surface area contributed by atoms with Crippen LogP contribution in [0.5, 0.6) is 0 Å². The van der Waals surface area contributed by atoms with E-state index in [1.54, 1.807) is 18.2 Å². The molecule has 0 aromatic heterocycles. The molecule has 0 unspecified atom stereocenters. The number of carbonyl (C=O) groups excluding carboxylic acids is 1. The lowest BCUT2D eigenvalue weighted by Gasteiger charge is -2.09. The van der Waals surface area contributed by atoms with Crippen LogP contribution in [0, 0.1) is 11.6 Å². The van der Waals surface area contributed by atoms with Crippen LogP contribution < -0.4 is 10.6 Å². The zero-order valence-electron chi connectivity index (χ0n) is 12.0. The van der Waals surface area contributed by atoms with Gasteiger partial charge in [0.15, 0.2) is 0 Å². The van der Waals surface area contributed by atoms with Crippen LogP contribution in [0.15, 0.2) is 36.4 Å². The van der Waals surface area contributed by atoms with Gasteiger partial charge in [-0.25, -0.2) is 8.78 Å². The Labute approximate surface area is 142 Å². The van der Waals surface area contributed by atoms with Crippen molar-refractivity contribution in [1.29, 1.82) is 0 Å². The van der Waals surface area contributed by atoms with E-state index in [0.717, 1.165) is 17.7 Å². The molecule has 2 aromatic rings. The number of carbonyl (C=O) groups is 1. The summed E-state index contributed by atoms with van der Waals surface area (Å²) in [6.07, 6.45) is 0.548. The molecular formula is C16H14Cl2F2N2O. The van der Waals surface area contributed by atoms with Crippen molar-refractivity contribution in [2.45, 2.75) is 6.42 Å². The molecule has 0 aliphatic heterocycles. The van der Waals surface area contributed by atoms with Crippen molar-refractivity contribution in [3.05, 3.63) is 63.6 Å². The zero-order valence-corrected chi connectivity index (χ0v) is 13.5. The summed E-state index contributed by atoms with van der Waals surface area (Å²) >= 11 is 11.8. The van der Waals surface area contributed by atoms with E-state index in [4.69, 9.17) is 23.2 Å². The van der Waals surface area contributed by atoms with Crippen molar-refractivity contribution in [2.75, 3.05) is 18.4 Å². The van der Waals surface area contributed by atoms with E-state index < -0.39 is 11.6 Å². The van der Waals surface area contributed by atoms with Crippen molar-refractivity contribution < 1.29 is 13.6 Å². The minimum absolute atomic E-state index is 0.0716.